The van der Waals surface area contributed by atoms with Crippen molar-refractivity contribution in [3.05, 3.63) is 237 Å². The Bertz CT molecular complexity index is 1840. The number of thiophene rings is 1. The van der Waals surface area contributed by atoms with Crippen LogP contribution < -0.4 is 0 Å². The predicted molar refractivity (Wildman–Crippen MR) is 196 cm³/mol. The quantitative estimate of drug-likeness (QED) is 0.152. The summed E-state index contributed by atoms with van der Waals surface area (Å²) in [6, 6.07) is 69.1. The van der Waals surface area contributed by atoms with E-state index in [1.807, 2.05) is 11.3 Å². The molecule has 6 aromatic carbocycles. The predicted octanol–water partition coefficient (Wildman–Crippen LogP) is 10.5. The van der Waals surface area contributed by atoms with E-state index in [0.29, 0.717) is 0 Å². The summed E-state index contributed by atoms with van der Waals surface area (Å²) in [4.78, 5) is 5.55. The first-order valence-corrected chi connectivity index (χ1v) is 17.3. The molecule has 0 saturated carbocycles. The van der Waals surface area contributed by atoms with E-state index < -0.39 is 11.0 Å². The van der Waals surface area contributed by atoms with Gasteiger partial charge in [0.05, 0.1) is 11.0 Å². The van der Waals surface area contributed by atoms with E-state index >= 15 is 0 Å². The maximum atomic E-state index is 2.73. The Balaban J connectivity index is 1.33. The fraction of sp³-hybridized carbons (Fsp3) is 0.111. The molecular weight excluding hydrogens is 587 g/mol. The van der Waals surface area contributed by atoms with Gasteiger partial charge < -0.3 is 0 Å². The van der Waals surface area contributed by atoms with Gasteiger partial charge in [-0.3, -0.25) is 4.90 Å². The topological polar surface area (TPSA) is 3.24 Å². The minimum Gasteiger partial charge on any atom is -0.281 e. The Morgan fingerprint density at radius 1 is 0.426 bits per heavy atom. The lowest BCUT2D eigenvalue weighted by atomic mass is 9.68. The van der Waals surface area contributed by atoms with Gasteiger partial charge in [0.15, 0.2) is 0 Å². The Morgan fingerprint density at radius 2 is 0.766 bits per heavy atom. The summed E-state index contributed by atoms with van der Waals surface area (Å²) >= 11 is 1.99. The zero-order valence-electron chi connectivity index (χ0n) is 26.4. The third kappa shape index (κ3) is 4.97. The highest BCUT2D eigenvalue weighted by molar-refractivity contribution is 7.12. The molecule has 1 aliphatic rings. The van der Waals surface area contributed by atoms with Gasteiger partial charge in [0.2, 0.25) is 0 Å². The van der Waals surface area contributed by atoms with Crippen LogP contribution in [-0.2, 0) is 23.9 Å². The minimum absolute atomic E-state index is 0.425. The minimum atomic E-state index is -0.430. The van der Waals surface area contributed by atoms with Crippen LogP contribution >= 0.6 is 11.3 Å². The fourth-order valence-electron chi connectivity index (χ4n) is 7.87. The molecule has 0 spiro atoms. The van der Waals surface area contributed by atoms with E-state index in [0.717, 1.165) is 19.5 Å². The van der Waals surface area contributed by atoms with E-state index in [4.69, 9.17) is 0 Å². The number of nitrogens with zero attached hydrogens (tertiary/aromatic N) is 1. The third-order valence-electron chi connectivity index (χ3n) is 9.92. The van der Waals surface area contributed by atoms with Crippen molar-refractivity contribution in [2.24, 2.45) is 0 Å². The Morgan fingerprint density at radius 3 is 1.13 bits per heavy atom. The first-order valence-electron chi connectivity index (χ1n) is 16.5. The Labute approximate surface area is 282 Å². The van der Waals surface area contributed by atoms with Crippen molar-refractivity contribution in [2.75, 3.05) is 6.54 Å². The molecule has 0 bridgehead atoms. The largest absolute Gasteiger partial charge is 0.281 e. The summed E-state index contributed by atoms with van der Waals surface area (Å²) < 4.78 is 0. The summed E-state index contributed by atoms with van der Waals surface area (Å²) in [7, 11) is 0. The van der Waals surface area contributed by atoms with Crippen LogP contribution in [0, 0.1) is 0 Å². The first kappa shape index (κ1) is 29.4. The van der Waals surface area contributed by atoms with Gasteiger partial charge in [-0.25, -0.2) is 0 Å². The summed E-state index contributed by atoms with van der Waals surface area (Å²) in [6.45, 7) is 1.82. The molecule has 47 heavy (non-hydrogen) atoms. The lowest BCUT2D eigenvalue weighted by molar-refractivity contribution is 0.141. The Hall–Kier alpha value is -5.02. The van der Waals surface area contributed by atoms with Crippen LogP contribution in [0.2, 0.25) is 0 Å². The summed E-state index contributed by atoms with van der Waals surface area (Å²) in [5, 5.41) is 0. The zero-order valence-corrected chi connectivity index (χ0v) is 27.2. The normalized spacial score (nSPS) is 13.6. The lowest BCUT2D eigenvalue weighted by Gasteiger charge is -2.47. The summed E-state index contributed by atoms with van der Waals surface area (Å²) in [5.74, 6) is 0. The molecule has 8 rings (SSSR count). The molecular formula is C45H37NS. The second-order valence-corrected chi connectivity index (χ2v) is 13.5. The van der Waals surface area contributed by atoms with E-state index in [2.05, 4.69) is 193 Å². The summed E-state index contributed by atoms with van der Waals surface area (Å²) in [6.07, 6.45) is 0.995. The van der Waals surface area contributed by atoms with Crippen molar-refractivity contribution in [1.29, 1.82) is 0 Å². The van der Waals surface area contributed by atoms with Gasteiger partial charge in [-0.1, -0.05) is 182 Å². The van der Waals surface area contributed by atoms with E-state index in [1.54, 1.807) is 0 Å². The second-order valence-electron chi connectivity index (χ2n) is 12.4. The van der Waals surface area contributed by atoms with Crippen LogP contribution in [0.3, 0.4) is 0 Å². The van der Waals surface area contributed by atoms with Gasteiger partial charge in [0.1, 0.15) is 0 Å². The third-order valence-corrected chi connectivity index (χ3v) is 11.2. The van der Waals surface area contributed by atoms with Crippen molar-refractivity contribution < 1.29 is 0 Å². The average Bonchev–Trinajstić information content (AvgIpc) is 3.59. The molecule has 0 saturated heterocycles. The highest BCUT2D eigenvalue weighted by Gasteiger charge is 2.45. The van der Waals surface area contributed by atoms with Gasteiger partial charge >= 0.3 is 0 Å². The maximum Gasteiger partial charge on any atom is 0.0976 e. The van der Waals surface area contributed by atoms with E-state index in [9.17, 15) is 0 Å². The number of hydrogen-bond donors (Lipinski definition) is 0. The van der Waals surface area contributed by atoms with Crippen molar-refractivity contribution in [2.45, 2.75) is 23.9 Å². The van der Waals surface area contributed by atoms with Crippen LogP contribution in [-0.4, -0.2) is 11.4 Å². The van der Waals surface area contributed by atoms with Gasteiger partial charge in [-0.05, 0) is 51.4 Å². The molecule has 1 aliphatic heterocycles. The highest BCUT2D eigenvalue weighted by Crippen LogP contribution is 2.51. The van der Waals surface area contributed by atoms with Gasteiger partial charge in [0, 0.05) is 22.8 Å². The molecule has 0 atom stereocenters. The molecule has 0 aliphatic carbocycles. The standard InChI is InChI=1S/C45H37NS/c1-7-19-36(20-8-1)44(37-21-9-2-10-22-37,38-23-11-3-12-24-38)43-33-35-31-32-46(34-42(35)47-43)45(39-25-13-4-14-26-39,40-27-15-5-16-28-40)41-29-17-6-18-30-41/h1-30,33H,31-32,34H2. The summed E-state index contributed by atoms with van der Waals surface area (Å²) in [5.41, 5.74) is 8.38. The fourth-order valence-corrected chi connectivity index (χ4v) is 9.35. The molecule has 228 valence electrons. The van der Waals surface area contributed by atoms with Gasteiger partial charge in [0.25, 0.3) is 0 Å². The van der Waals surface area contributed by atoms with Gasteiger partial charge in [-0.15, -0.1) is 11.3 Å². The Kier molecular flexibility index (Phi) is 7.90. The second kappa shape index (κ2) is 12.6. The van der Waals surface area contributed by atoms with Crippen LogP contribution in [0.1, 0.15) is 48.7 Å². The van der Waals surface area contributed by atoms with Crippen molar-refractivity contribution in [3.8, 4) is 0 Å². The first-order chi connectivity index (χ1) is 23.3. The van der Waals surface area contributed by atoms with Crippen LogP contribution in [0.5, 0.6) is 0 Å². The smallest absolute Gasteiger partial charge is 0.0976 e. The number of fused-ring (bicyclic) bond motifs is 1. The SMILES string of the molecule is c1ccc(C(c2ccccc2)(c2ccccc2)c2cc3c(s2)CN(C(c2ccccc2)(c2ccccc2)c2ccccc2)CC3)cc1. The molecule has 2 heteroatoms. The molecule has 0 unspecified atom stereocenters. The molecule has 1 aromatic heterocycles. The molecule has 2 heterocycles. The van der Waals surface area contributed by atoms with E-state index in [-0.39, 0.29) is 0 Å². The van der Waals surface area contributed by atoms with E-state index in [1.165, 1.54) is 48.7 Å². The zero-order chi connectivity index (χ0) is 31.5. The van der Waals surface area contributed by atoms with Gasteiger partial charge in [-0.2, -0.15) is 0 Å². The van der Waals surface area contributed by atoms with Crippen molar-refractivity contribution in [1.82, 2.24) is 4.90 Å². The number of benzene rings is 6. The van der Waals surface area contributed by atoms with Crippen LogP contribution in [0.25, 0.3) is 0 Å². The molecule has 7 aromatic rings. The van der Waals surface area contributed by atoms with Crippen molar-refractivity contribution in [3.63, 3.8) is 0 Å². The highest BCUT2D eigenvalue weighted by atomic mass is 32.1. The molecule has 1 nitrogen and oxygen atoms in total. The molecule has 0 N–H and O–H groups in total. The maximum absolute atomic E-state index is 2.73. The van der Waals surface area contributed by atoms with Crippen LogP contribution in [0.4, 0.5) is 0 Å². The number of rotatable bonds is 8. The molecule has 0 fully saturated rings. The monoisotopic (exact) mass is 623 g/mol. The van der Waals surface area contributed by atoms with Crippen molar-refractivity contribution >= 4 is 11.3 Å². The lowest BCUT2D eigenvalue weighted by Crippen LogP contribution is -2.49. The molecule has 0 radical (unpaired) electrons. The average molecular weight is 624 g/mol. The molecule has 0 amide bonds. The number of hydrogen-bond acceptors (Lipinski definition) is 2. The van der Waals surface area contributed by atoms with Crippen LogP contribution in [0.15, 0.2) is 188 Å².